The van der Waals surface area contributed by atoms with Crippen molar-refractivity contribution in [2.24, 2.45) is 0 Å². The Morgan fingerprint density at radius 3 is 2.44 bits per heavy atom. The second-order valence-corrected chi connectivity index (χ2v) is 3.32. The van der Waals surface area contributed by atoms with Crippen LogP contribution in [0.25, 0.3) is 0 Å². The Balaban J connectivity index is 3.37. The van der Waals surface area contributed by atoms with Crippen LogP contribution >= 0.6 is 0 Å². The van der Waals surface area contributed by atoms with Crippen LogP contribution in [0.4, 0.5) is 0 Å². The number of hydrogen-bond donors (Lipinski definition) is 1. The lowest BCUT2D eigenvalue weighted by molar-refractivity contribution is -0.154. The van der Waals surface area contributed by atoms with E-state index in [0.717, 1.165) is 19.4 Å². The molecule has 0 bridgehead atoms. The van der Waals surface area contributed by atoms with Gasteiger partial charge in [-0.15, -0.1) is 0 Å². The lowest BCUT2D eigenvalue weighted by atomic mass is 10.4. The summed E-state index contributed by atoms with van der Waals surface area (Å²) in [5.41, 5.74) is 0. The molecule has 1 unspecified atom stereocenters. The second kappa shape index (κ2) is 10.9. The summed E-state index contributed by atoms with van der Waals surface area (Å²) in [4.78, 5) is 10.7. The minimum atomic E-state index is -0.992. The normalized spacial score (nSPS) is 12.6. The lowest BCUT2D eigenvalue weighted by Crippen LogP contribution is -2.29. The van der Waals surface area contributed by atoms with Gasteiger partial charge in [0.1, 0.15) is 0 Å². The summed E-state index contributed by atoms with van der Waals surface area (Å²) in [6.45, 7) is 5.92. The third-order valence-corrected chi connectivity index (χ3v) is 1.93. The summed E-state index contributed by atoms with van der Waals surface area (Å²) < 4.78 is 15.4. The minimum absolute atomic E-state index is 0.0698. The van der Waals surface area contributed by atoms with Gasteiger partial charge in [-0.25, -0.2) is 4.79 Å². The molecule has 0 fully saturated rings. The Hall–Kier alpha value is -0.650. The number of carbonyl (C=O) groups is 1. The van der Waals surface area contributed by atoms with Crippen LogP contribution in [0.3, 0.4) is 0 Å². The van der Waals surface area contributed by atoms with Crippen LogP contribution < -0.4 is 0 Å². The van der Waals surface area contributed by atoms with Gasteiger partial charge in [0, 0.05) is 13.2 Å². The standard InChI is InChI=1S/C11H22O5/c1-3-5-6-14-7-8-15-9-10(11(12)13)16-4-2/h10H,3-9H2,1-2H3,(H,12,13). The average molecular weight is 234 g/mol. The van der Waals surface area contributed by atoms with Crippen molar-refractivity contribution in [2.45, 2.75) is 32.8 Å². The van der Waals surface area contributed by atoms with Gasteiger partial charge in [0.25, 0.3) is 0 Å². The van der Waals surface area contributed by atoms with Gasteiger partial charge in [0.2, 0.25) is 0 Å². The van der Waals surface area contributed by atoms with Crippen molar-refractivity contribution in [3.05, 3.63) is 0 Å². The van der Waals surface area contributed by atoms with Gasteiger partial charge >= 0.3 is 5.97 Å². The molecule has 1 atom stereocenters. The van der Waals surface area contributed by atoms with E-state index in [1.54, 1.807) is 6.92 Å². The number of carboxylic acid groups (broad SMARTS) is 1. The van der Waals surface area contributed by atoms with Crippen LogP contribution in [0.15, 0.2) is 0 Å². The summed E-state index contributed by atoms with van der Waals surface area (Å²) in [5.74, 6) is -0.992. The lowest BCUT2D eigenvalue weighted by Gasteiger charge is -2.12. The van der Waals surface area contributed by atoms with Crippen molar-refractivity contribution >= 4 is 5.97 Å². The van der Waals surface area contributed by atoms with E-state index >= 15 is 0 Å². The maximum absolute atomic E-state index is 10.7. The molecule has 0 aromatic heterocycles. The van der Waals surface area contributed by atoms with Gasteiger partial charge in [-0.2, -0.15) is 0 Å². The maximum atomic E-state index is 10.7. The fraction of sp³-hybridized carbons (Fsp3) is 0.909. The van der Waals surface area contributed by atoms with E-state index < -0.39 is 12.1 Å². The molecule has 0 saturated carbocycles. The van der Waals surface area contributed by atoms with Crippen molar-refractivity contribution in [3.63, 3.8) is 0 Å². The molecule has 5 nitrogen and oxygen atoms in total. The molecule has 0 heterocycles. The van der Waals surface area contributed by atoms with Gasteiger partial charge in [-0.05, 0) is 13.3 Å². The fourth-order valence-corrected chi connectivity index (χ4v) is 1.05. The summed E-state index contributed by atoms with van der Waals surface area (Å²) >= 11 is 0. The van der Waals surface area contributed by atoms with E-state index in [9.17, 15) is 4.79 Å². The van der Waals surface area contributed by atoms with Crippen molar-refractivity contribution < 1.29 is 24.1 Å². The molecular formula is C11H22O5. The first kappa shape index (κ1) is 15.3. The summed E-state index contributed by atoms with van der Waals surface area (Å²) in [6.07, 6.45) is 1.27. The van der Waals surface area contributed by atoms with E-state index in [-0.39, 0.29) is 6.61 Å². The topological polar surface area (TPSA) is 65.0 Å². The third kappa shape index (κ3) is 8.64. The van der Waals surface area contributed by atoms with Gasteiger partial charge in [0.15, 0.2) is 6.10 Å². The molecule has 0 amide bonds. The largest absolute Gasteiger partial charge is 0.479 e. The van der Waals surface area contributed by atoms with E-state index in [2.05, 4.69) is 6.92 Å². The molecule has 0 aliphatic rings. The number of unbranched alkanes of at least 4 members (excludes halogenated alkanes) is 1. The molecule has 0 rings (SSSR count). The van der Waals surface area contributed by atoms with E-state index in [4.69, 9.17) is 19.3 Å². The zero-order valence-corrected chi connectivity index (χ0v) is 10.1. The van der Waals surface area contributed by atoms with E-state index in [1.807, 2.05) is 0 Å². The number of aliphatic carboxylic acids is 1. The molecule has 0 saturated heterocycles. The molecule has 0 aromatic rings. The first-order chi connectivity index (χ1) is 7.72. The molecule has 0 aliphatic carbocycles. The summed E-state index contributed by atoms with van der Waals surface area (Å²) in [6, 6.07) is 0. The molecule has 5 heteroatoms. The highest BCUT2D eigenvalue weighted by atomic mass is 16.6. The molecule has 0 aliphatic heterocycles. The van der Waals surface area contributed by atoms with Gasteiger partial charge in [-0.3, -0.25) is 0 Å². The Morgan fingerprint density at radius 1 is 1.19 bits per heavy atom. The Labute approximate surface area is 96.7 Å². The monoisotopic (exact) mass is 234 g/mol. The number of rotatable bonds is 11. The van der Waals surface area contributed by atoms with E-state index in [0.29, 0.717) is 19.8 Å². The quantitative estimate of drug-likeness (QED) is 0.546. The summed E-state index contributed by atoms with van der Waals surface area (Å²) in [7, 11) is 0. The second-order valence-electron chi connectivity index (χ2n) is 3.32. The SMILES string of the molecule is CCCCOCCOCC(OCC)C(=O)O. The maximum Gasteiger partial charge on any atom is 0.335 e. The third-order valence-electron chi connectivity index (χ3n) is 1.93. The van der Waals surface area contributed by atoms with Crippen LogP contribution in [0, 0.1) is 0 Å². The first-order valence-corrected chi connectivity index (χ1v) is 5.72. The van der Waals surface area contributed by atoms with Gasteiger partial charge in [0.05, 0.1) is 19.8 Å². The molecule has 0 spiro atoms. The Morgan fingerprint density at radius 2 is 1.88 bits per heavy atom. The molecule has 0 aromatic carbocycles. The molecule has 0 radical (unpaired) electrons. The first-order valence-electron chi connectivity index (χ1n) is 5.72. The molecule has 96 valence electrons. The van der Waals surface area contributed by atoms with Crippen LogP contribution in [0.2, 0.25) is 0 Å². The van der Waals surface area contributed by atoms with Crippen LogP contribution in [0.1, 0.15) is 26.7 Å². The smallest absolute Gasteiger partial charge is 0.335 e. The zero-order chi connectivity index (χ0) is 12.2. The number of ether oxygens (including phenoxy) is 3. The predicted molar refractivity (Wildman–Crippen MR) is 59.6 cm³/mol. The van der Waals surface area contributed by atoms with Crippen molar-refractivity contribution in [3.8, 4) is 0 Å². The fourth-order valence-electron chi connectivity index (χ4n) is 1.05. The van der Waals surface area contributed by atoms with Gasteiger partial charge in [-0.1, -0.05) is 13.3 Å². The van der Waals surface area contributed by atoms with Crippen LogP contribution in [-0.4, -0.2) is 50.2 Å². The molecule has 1 N–H and O–H groups in total. The molecular weight excluding hydrogens is 212 g/mol. The van der Waals surface area contributed by atoms with E-state index in [1.165, 1.54) is 0 Å². The zero-order valence-electron chi connectivity index (χ0n) is 10.1. The minimum Gasteiger partial charge on any atom is -0.479 e. The van der Waals surface area contributed by atoms with Crippen molar-refractivity contribution in [1.82, 2.24) is 0 Å². The predicted octanol–water partition coefficient (Wildman–Crippen LogP) is 1.31. The highest BCUT2D eigenvalue weighted by Gasteiger charge is 2.16. The highest BCUT2D eigenvalue weighted by molar-refractivity contribution is 5.72. The summed E-state index contributed by atoms with van der Waals surface area (Å²) in [5, 5.41) is 8.74. The van der Waals surface area contributed by atoms with Crippen LogP contribution in [-0.2, 0) is 19.0 Å². The average Bonchev–Trinajstić information content (AvgIpc) is 2.26. The highest BCUT2D eigenvalue weighted by Crippen LogP contribution is 1.94. The number of carboxylic acids is 1. The van der Waals surface area contributed by atoms with Crippen LogP contribution in [0.5, 0.6) is 0 Å². The Bertz CT molecular complexity index is 172. The molecule has 16 heavy (non-hydrogen) atoms. The Kier molecular flexibility index (Phi) is 10.4. The number of hydrogen-bond acceptors (Lipinski definition) is 4. The van der Waals surface area contributed by atoms with Crippen molar-refractivity contribution in [2.75, 3.05) is 33.0 Å². The van der Waals surface area contributed by atoms with Crippen molar-refractivity contribution in [1.29, 1.82) is 0 Å². The van der Waals surface area contributed by atoms with Gasteiger partial charge < -0.3 is 19.3 Å².